The minimum Gasteiger partial charge on any atom is -0.490 e. The van der Waals surface area contributed by atoms with Gasteiger partial charge < -0.3 is 19.3 Å². The summed E-state index contributed by atoms with van der Waals surface area (Å²) in [5, 5.41) is 11.5. The van der Waals surface area contributed by atoms with Crippen LogP contribution in [0.1, 0.15) is 75.8 Å². The summed E-state index contributed by atoms with van der Waals surface area (Å²) < 4.78 is 54.9. The number of alkyl halides is 3. The summed E-state index contributed by atoms with van der Waals surface area (Å²) in [6.45, 7) is 6.42. The number of piperidine rings is 2. The molecule has 2 aromatic heterocycles. The number of halogens is 4. The van der Waals surface area contributed by atoms with Crippen molar-refractivity contribution in [2.75, 3.05) is 36.0 Å². The summed E-state index contributed by atoms with van der Waals surface area (Å²) >= 11 is 6.17. The third-order valence-electron chi connectivity index (χ3n) is 11.0. The number of benzene rings is 3. The summed E-state index contributed by atoms with van der Waals surface area (Å²) in [5.41, 5.74) is -1.24. The molecule has 0 amide bonds. The second kappa shape index (κ2) is 20.8. The number of para-hydroxylation sites is 3. The summed E-state index contributed by atoms with van der Waals surface area (Å²) in [6.07, 6.45) is 2.71. The van der Waals surface area contributed by atoms with E-state index in [1.165, 1.54) is 40.9 Å². The van der Waals surface area contributed by atoms with E-state index in [2.05, 4.69) is 22.2 Å². The topological polar surface area (TPSA) is 150 Å². The number of rotatable bonds is 13. The van der Waals surface area contributed by atoms with E-state index < -0.39 is 34.8 Å². The molecule has 2 saturated heterocycles. The molecule has 4 heterocycles. The molecule has 0 spiro atoms. The Labute approximate surface area is 361 Å². The van der Waals surface area contributed by atoms with Gasteiger partial charge in [0.15, 0.2) is 0 Å². The lowest BCUT2D eigenvalue weighted by molar-refractivity contribution is -0.139. The van der Waals surface area contributed by atoms with Crippen molar-refractivity contribution in [1.29, 1.82) is 0 Å². The first-order valence-electron chi connectivity index (χ1n) is 21.0. The lowest BCUT2D eigenvalue weighted by atomic mass is 10.1. The van der Waals surface area contributed by atoms with Gasteiger partial charge in [0.25, 0.3) is 11.1 Å². The van der Waals surface area contributed by atoms with Crippen LogP contribution in [0.2, 0.25) is 5.02 Å². The standard InChI is InChI=1S/C23H23F3N4O3.C21H29ClN4O3/c1-15-7-3-5-9-18(15)30-22(32)28(2)21(31)20(27-30)29-13-11-16(12-14-29)33-19-10-6-4-8-17(19)23(24,25)26;1-2-3-4-5-8-13-26-20(27)19(23-24-21(26)28)25-14-11-16(12-15-25)29-18-10-7-6-9-17(18)22/h3-10,16H,11-14H2,1-2H3;6-7,9-10,16H,2-5,8,11-15H2,1H3,(H,24,28). The average Bonchev–Trinajstić information content (AvgIpc) is 3.26. The Morgan fingerprint density at radius 3 is 1.94 bits per heavy atom. The van der Waals surface area contributed by atoms with E-state index >= 15 is 0 Å². The van der Waals surface area contributed by atoms with Gasteiger partial charge >= 0.3 is 17.6 Å². The molecule has 14 nitrogen and oxygen atoms in total. The molecule has 3 aromatic carbocycles. The number of nitrogens with zero attached hydrogens (tertiary/aromatic N) is 7. The maximum atomic E-state index is 13.2. The number of nitrogens with one attached hydrogen (secondary N) is 1. The van der Waals surface area contributed by atoms with Crippen LogP contribution in [-0.2, 0) is 19.8 Å². The zero-order valence-electron chi connectivity index (χ0n) is 35.1. The molecule has 0 unspecified atom stereocenters. The van der Waals surface area contributed by atoms with Crippen molar-refractivity contribution in [2.45, 2.75) is 96.6 Å². The van der Waals surface area contributed by atoms with Crippen LogP contribution in [0.3, 0.4) is 0 Å². The molecule has 0 aliphatic carbocycles. The van der Waals surface area contributed by atoms with Gasteiger partial charge in [0.1, 0.15) is 23.7 Å². The van der Waals surface area contributed by atoms with Crippen LogP contribution in [0.25, 0.3) is 5.69 Å². The fourth-order valence-electron chi connectivity index (χ4n) is 7.49. The van der Waals surface area contributed by atoms with Crippen molar-refractivity contribution >= 4 is 23.2 Å². The van der Waals surface area contributed by atoms with Crippen LogP contribution in [-0.4, -0.2) is 67.5 Å². The van der Waals surface area contributed by atoms with Crippen molar-refractivity contribution in [3.05, 3.63) is 131 Å². The van der Waals surface area contributed by atoms with E-state index in [1.807, 2.05) is 42.2 Å². The number of aryl methyl sites for hydroxylation is 1. The van der Waals surface area contributed by atoms with E-state index in [1.54, 1.807) is 23.1 Å². The van der Waals surface area contributed by atoms with Gasteiger partial charge in [-0.3, -0.25) is 18.7 Å². The SMILES string of the molecule is CCCCCCCn1c(=O)[nH]nc(N2CCC(Oc3ccccc3Cl)CC2)c1=O.Cc1ccccc1-n1nc(N2CCC(Oc3ccccc3C(F)(F)F)CC2)c(=O)n(C)c1=O. The van der Waals surface area contributed by atoms with Crippen LogP contribution >= 0.6 is 11.6 Å². The van der Waals surface area contributed by atoms with E-state index in [0.717, 1.165) is 54.7 Å². The molecule has 7 rings (SSSR count). The molecule has 0 atom stereocenters. The molecule has 2 fully saturated rings. The first kappa shape index (κ1) is 45.7. The second-order valence-electron chi connectivity index (χ2n) is 15.4. The highest BCUT2D eigenvalue weighted by molar-refractivity contribution is 6.32. The van der Waals surface area contributed by atoms with E-state index in [0.29, 0.717) is 67.8 Å². The number of aromatic nitrogens is 6. The maximum Gasteiger partial charge on any atom is 0.419 e. The molecule has 62 heavy (non-hydrogen) atoms. The predicted octanol–water partition coefficient (Wildman–Crippen LogP) is 6.91. The van der Waals surface area contributed by atoms with Crippen LogP contribution < -0.4 is 41.8 Å². The third kappa shape index (κ3) is 11.2. The van der Waals surface area contributed by atoms with Crippen LogP contribution in [0.15, 0.2) is 92.0 Å². The molecule has 1 N–H and O–H groups in total. The molecule has 18 heteroatoms. The molecular weight excluding hydrogens is 829 g/mol. The van der Waals surface area contributed by atoms with Crippen LogP contribution in [0, 0.1) is 6.92 Å². The minimum atomic E-state index is -4.50. The lowest BCUT2D eigenvalue weighted by Gasteiger charge is -2.33. The normalized spacial score (nSPS) is 15.0. The molecule has 0 bridgehead atoms. The van der Waals surface area contributed by atoms with Crippen molar-refractivity contribution in [3.63, 3.8) is 0 Å². The van der Waals surface area contributed by atoms with Crippen LogP contribution in [0.5, 0.6) is 11.5 Å². The van der Waals surface area contributed by atoms with Gasteiger partial charge in [0.2, 0.25) is 11.6 Å². The predicted molar refractivity (Wildman–Crippen MR) is 232 cm³/mol. The Bertz CT molecular complexity index is 2520. The smallest absolute Gasteiger partial charge is 0.419 e. The van der Waals surface area contributed by atoms with E-state index in [9.17, 15) is 32.3 Å². The Morgan fingerprint density at radius 1 is 0.742 bits per heavy atom. The summed E-state index contributed by atoms with van der Waals surface area (Å²) in [5.74, 6) is 0.912. The average molecular weight is 881 g/mol. The second-order valence-corrected chi connectivity index (χ2v) is 15.8. The van der Waals surface area contributed by atoms with Gasteiger partial charge in [0, 0.05) is 65.5 Å². The van der Waals surface area contributed by atoms with Crippen molar-refractivity contribution in [1.82, 2.24) is 29.1 Å². The zero-order chi connectivity index (χ0) is 44.4. The van der Waals surface area contributed by atoms with Gasteiger partial charge in [0.05, 0.1) is 16.3 Å². The van der Waals surface area contributed by atoms with Crippen molar-refractivity contribution < 1.29 is 22.6 Å². The molecule has 2 aliphatic heterocycles. The molecule has 0 saturated carbocycles. The summed E-state index contributed by atoms with van der Waals surface area (Å²) in [6, 6.07) is 19.8. The third-order valence-corrected chi connectivity index (χ3v) is 11.3. The van der Waals surface area contributed by atoms with Gasteiger partial charge in [-0.15, -0.1) is 10.2 Å². The molecule has 0 radical (unpaired) electrons. The van der Waals surface area contributed by atoms with Crippen molar-refractivity contribution in [2.24, 2.45) is 7.05 Å². The highest BCUT2D eigenvalue weighted by Crippen LogP contribution is 2.37. The summed E-state index contributed by atoms with van der Waals surface area (Å²) in [4.78, 5) is 54.0. The van der Waals surface area contributed by atoms with Gasteiger partial charge in [-0.25, -0.2) is 14.7 Å². The number of ether oxygens (including phenoxy) is 2. The first-order chi connectivity index (χ1) is 29.8. The number of hydrogen-bond donors (Lipinski definition) is 1. The fourth-order valence-corrected chi connectivity index (χ4v) is 7.67. The Kier molecular flexibility index (Phi) is 15.3. The number of hydrogen-bond acceptors (Lipinski definition) is 10. The molecule has 332 valence electrons. The maximum absolute atomic E-state index is 13.2. The van der Waals surface area contributed by atoms with Gasteiger partial charge in [-0.1, -0.05) is 86.7 Å². The molecule has 5 aromatic rings. The monoisotopic (exact) mass is 880 g/mol. The first-order valence-corrected chi connectivity index (χ1v) is 21.3. The molecular formula is C44H52ClF3N8O6. The highest BCUT2D eigenvalue weighted by Gasteiger charge is 2.35. The highest BCUT2D eigenvalue weighted by atomic mass is 35.5. The minimum absolute atomic E-state index is 0.0368. The van der Waals surface area contributed by atoms with Gasteiger partial charge in [-0.2, -0.15) is 17.9 Å². The number of unbranched alkanes of at least 4 members (excludes halogenated alkanes) is 4. The largest absolute Gasteiger partial charge is 0.490 e. The Hall–Kier alpha value is -5.84. The Morgan fingerprint density at radius 2 is 1.31 bits per heavy atom. The number of aromatic amines is 1. The fraction of sp³-hybridized carbons (Fsp3) is 0.455. The lowest BCUT2D eigenvalue weighted by Crippen LogP contribution is -2.46. The number of anilines is 2. The van der Waals surface area contributed by atoms with E-state index in [-0.39, 0.29) is 23.2 Å². The quantitative estimate of drug-likeness (QED) is 0.124. The Balaban J connectivity index is 0.000000209. The van der Waals surface area contributed by atoms with Crippen LogP contribution in [0.4, 0.5) is 24.8 Å². The number of H-pyrrole nitrogens is 1. The zero-order valence-corrected chi connectivity index (χ0v) is 35.8. The molecule has 2 aliphatic rings. The van der Waals surface area contributed by atoms with Gasteiger partial charge in [-0.05, 0) is 49.2 Å². The van der Waals surface area contributed by atoms with E-state index in [4.69, 9.17) is 21.1 Å². The van der Waals surface area contributed by atoms with Crippen molar-refractivity contribution in [3.8, 4) is 17.2 Å². The summed E-state index contributed by atoms with van der Waals surface area (Å²) in [7, 11) is 1.40.